The first-order valence-electron chi connectivity index (χ1n) is 6.84. The minimum absolute atomic E-state index is 0.0597. The lowest BCUT2D eigenvalue weighted by atomic mass is 9.98. The van der Waals surface area contributed by atoms with E-state index in [2.05, 4.69) is 0 Å². The predicted molar refractivity (Wildman–Crippen MR) is 68.2 cm³/mol. The van der Waals surface area contributed by atoms with Crippen molar-refractivity contribution in [3.05, 3.63) is 0 Å². The smallest absolute Gasteiger partial charge is 0.186 e. The Bertz CT molecular complexity index is 343. The molecule has 0 aliphatic carbocycles. The molecule has 0 unspecified atom stereocenters. The first kappa shape index (κ1) is 17.0. The topological polar surface area (TPSA) is 143 Å². The molecule has 2 saturated heterocycles. The molecular formula is C12H23NO8. The SMILES string of the molecule is CO[C@H]1O[C@H](CN2C[C@@H](O)[C@H](O)[C@H]2CO)[C@@H](O)[C@H](O)[C@H]1O. The van der Waals surface area contributed by atoms with Gasteiger partial charge in [0.25, 0.3) is 0 Å². The molecule has 21 heavy (non-hydrogen) atoms. The maximum atomic E-state index is 9.97. The third kappa shape index (κ3) is 3.21. The van der Waals surface area contributed by atoms with Gasteiger partial charge in [-0.3, -0.25) is 4.90 Å². The molecule has 2 fully saturated rings. The average Bonchev–Trinajstić information content (AvgIpc) is 2.74. The third-order valence-corrected chi connectivity index (χ3v) is 4.18. The second-order valence-electron chi connectivity index (χ2n) is 5.51. The lowest BCUT2D eigenvalue weighted by Crippen LogP contribution is -2.61. The molecule has 6 N–H and O–H groups in total. The van der Waals surface area contributed by atoms with E-state index in [1.54, 1.807) is 4.90 Å². The number of β-amino-alcohol motifs (C(OH)–C–C–N with tert-alkyl or cyclic N) is 1. The van der Waals surface area contributed by atoms with Crippen LogP contribution in [0.2, 0.25) is 0 Å². The number of ether oxygens (including phenoxy) is 2. The van der Waals surface area contributed by atoms with Crippen LogP contribution in [0.3, 0.4) is 0 Å². The quantitative estimate of drug-likeness (QED) is 0.305. The molecule has 0 spiro atoms. The van der Waals surface area contributed by atoms with Gasteiger partial charge in [-0.25, -0.2) is 0 Å². The summed E-state index contributed by atoms with van der Waals surface area (Å²) in [6.07, 6.45) is -8.22. The van der Waals surface area contributed by atoms with Crippen molar-refractivity contribution in [3.63, 3.8) is 0 Å². The van der Waals surface area contributed by atoms with Crippen molar-refractivity contribution in [2.45, 2.75) is 49.0 Å². The fraction of sp³-hybridized carbons (Fsp3) is 1.00. The Kier molecular flexibility index (Phi) is 5.52. The fourth-order valence-electron chi connectivity index (χ4n) is 2.88. The summed E-state index contributed by atoms with van der Waals surface area (Å²) < 4.78 is 10.3. The molecule has 0 bridgehead atoms. The van der Waals surface area contributed by atoms with Crippen LogP contribution >= 0.6 is 0 Å². The van der Waals surface area contributed by atoms with Crippen LogP contribution in [0.1, 0.15) is 0 Å². The number of rotatable bonds is 4. The lowest BCUT2D eigenvalue weighted by Gasteiger charge is -2.41. The van der Waals surface area contributed by atoms with E-state index in [0.717, 1.165) is 0 Å². The van der Waals surface area contributed by atoms with Crippen molar-refractivity contribution in [3.8, 4) is 0 Å². The molecule has 0 aromatic rings. The maximum Gasteiger partial charge on any atom is 0.186 e. The van der Waals surface area contributed by atoms with Crippen molar-refractivity contribution in [2.24, 2.45) is 0 Å². The van der Waals surface area contributed by atoms with Crippen molar-refractivity contribution in [1.82, 2.24) is 4.90 Å². The highest BCUT2D eigenvalue weighted by atomic mass is 16.7. The summed E-state index contributed by atoms with van der Waals surface area (Å²) >= 11 is 0. The van der Waals surface area contributed by atoms with Gasteiger partial charge < -0.3 is 40.1 Å². The van der Waals surface area contributed by atoms with Crippen LogP contribution in [-0.4, -0.2) is 111 Å². The van der Waals surface area contributed by atoms with Gasteiger partial charge in [0, 0.05) is 20.2 Å². The number of aliphatic hydroxyl groups excluding tert-OH is 6. The van der Waals surface area contributed by atoms with Gasteiger partial charge in [0.1, 0.15) is 24.4 Å². The molecular weight excluding hydrogens is 286 g/mol. The first-order valence-corrected chi connectivity index (χ1v) is 6.84. The van der Waals surface area contributed by atoms with E-state index in [0.29, 0.717) is 0 Å². The van der Waals surface area contributed by atoms with Crippen LogP contribution in [0.5, 0.6) is 0 Å². The Morgan fingerprint density at radius 3 is 2.29 bits per heavy atom. The van der Waals surface area contributed by atoms with E-state index in [1.165, 1.54) is 7.11 Å². The Morgan fingerprint density at radius 1 is 1.05 bits per heavy atom. The summed E-state index contributed by atoms with van der Waals surface area (Å²) in [7, 11) is 1.30. The van der Waals surface area contributed by atoms with Crippen molar-refractivity contribution >= 4 is 0 Å². The summed E-state index contributed by atoms with van der Waals surface area (Å²) in [6, 6.07) is -0.680. The first-order chi connectivity index (χ1) is 9.90. The number of aliphatic hydroxyl groups is 6. The van der Waals surface area contributed by atoms with Gasteiger partial charge in [0.2, 0.25) is 0 Å². The average molecular weight is 309 g/mol. The minimum Gasteiger partial charge on any atom is -0.395 e. The van der Waals surface area contributed by atoms with Gasteiger partial charge in [-0.2, -0.15) is 0 Å². The fourth-order valence-corrected chi connectivity index (χ4v) is 2.88. The molecule has 124 valence electrons. The highest BCUT2D eigenvalue weighted by Gasteiger charge is 2.47. The zero-order chi connectivity index (χ0) is 15.7. The Balaban J connectivity index is 2.04. The van der Waals surface area contributed by atoms with E-state index in [-0.39, 0.29) is 19.7 Å². The molecule has 0 aromatic carbocycles. The maximum absolute atomic E-state index is 9.97. The zero-order valence-corrected chi connectivity index (χ0v) is 11.7. The second-order valence-corrected chi connectivity index (χ2v) is 5.51. The van der Waals surface area contributed by atoms with E-state index < -0.39 is 49.0 Å². The monoisotopic (exact) mass is 309 g/mol. The van der Waals surface area contributed by atoms with Crippen LogP contribution in [-0.2, 0) is 9.47 Å². The second kappa shape index (κ2) is 6.82. The summed E-state index contributed by atoms with van der Waals surface area (Å²) in [5.74, 6) is 0. The lowest BCUT2D eigenvalue weighted by molar-refractivity contribution is -0.292. The third-order valence-electron chi connectivity index (χ3n) is 4.18. The molecule has 2 heterocycles. The normalized spacial score (nSPS) is 48.7. The molecule has 2 aliphatic rings. The molecule has 9 nitrogen and oxygen atoms in total. The summed E-state index contributed by atoms with van der Waals surface area (Å²) in [5, 5.41) is 58.1. The van der Waals surface area contributed by atoms with E-state index >= 15 is 0 Å². The van der Waals surface area contributed by atoms with Gasteiger partial charge in [0.15, 0.2) is 6.29 Å². The number of nitrogens with zero attached hydrogens (tertiary/aromatic N) is 1. The van der Waals surface area contributed by atoms with Crippen molar-refractivity contribution < 1.29 is 40.1 Å². The number of likely N-dealkylation sites (tertiary alicyclic amines) is 1. The standard InChI is InChI=1S/C12H23NO8/c1-20-12-11(19)10(18)9(17)7(21-12)3-13-2-6(15)8(16)5(13)4-14/h5-12,14-19H,2-4H2,1H3/t5-,6-,7-,8-,9-,10+,11-,12+/m1/s1. The molecule has 0 radical (unpaired) electrons. The van der Waals surface area contributed by atoms with E-state index in [9.17, 15) is 30.6 Å². The van der Waals surface area contributed by atoms with Crippen LogP contribution in [0.15, 0.2) is 0 Å². The van der Waals surface area contributed by atoms with Crippen molar-refractivity contribution in [1.29, 1.82) is 0 Å². The summed E-state index contributed by atoms with van der Waals surface area (Å²) in [6.45, 7) is -0.195. The van der Waals surface area contributed by atoms with Crippen LogP contribution in [0, 0.1) is 0 Å². The predicted octanol–water partition coefficient (Wildman–Crippen LogP) is -4.16. The van der Waals surface area contributed by atoms with E-state index in [4.69, 9.17) is 9.47 Å². The van der Waals surface area contributed by atoms with Crippen LogP contribution in [0.4, 0.5) is 0 Å². The summed E-state index contributed by atoms with van der Waals surface area (Å²) in [5.41, 5.74) is 0. The van der Waals surface area contributed by atoms with Crippen LogP contribution < -0.4 is 0 Å². The number of methoxy groups -OCH3 is 1. The summed E-state index contributed by atoms with van der Waals surface area (Å²) in [4.78, 5) is 1.57. The Labute approximate surface area is 121 Å². The van der Waals surface area contributed by atoms with Gasteiger partial charge in [-0.05, 0) is 0 Å². The number of hydrogen-bond donors (Lipinski definition) is 6. The molecule has 0 amide bonds. The largest absolute Gasteiger partial charge is 0.395 e. The molecule has 2 aliphatic heterocycles. The highest BCUT2D eigenvalue weighted by molar-refractivity contribution is 4.97. The molecule has 0 saturated carbocycles. The minimum atomic E-state index is -1.43. The van der Waals surface area contributed by atoms with Gasteiger partial charge in [-0.15, -0.1) is 0 Å². The van der Waals surface area contributed by atoms with Gasteiger partial charge in [-0.1, -0.05) is 0 Å². The van der Waals surface area contributed by atoms with Gasteiger partial charge >= 0.3 is 0 Å². The Hall–Kier alpha value is -0.360. The Morgan fingerprint density at radius 2 is 1.71 bits per heavy atom. The van der Waals surface area contributed by atoms with Crippen molar-refractivity contribution in [2.75, 3.05) is 26.8 Å². The molecule has 2 rings (SSSR count). The molecule has 9 heteroatoms. The van der Waals surface area contributed by atoms with Crippen LogP contribution in [0.25, 0.3) is 0 Å². The van der Waals surface area contributed by atoms with Gasteiger partial charge in [0.05, 0.1) is 24.9 Å². The molecule has 0 aromatic heterocycles. The molecule has 8 atom stereocenters. The number of hydrogen-bond acceptors (Lipinski definition) is 9. The zero-order valence-electron chi connectivity index (χ0n) is 11.7. The van der Waals surface area contributed by atoms with E-state index in [1.807, 2.05) is 0 Å². The highest BCUT2D eigenvalue weighted by Crippen LogP contribution is 2.25.